The van der Waals surface area contributed by atoms with Crippen LogP contribution in [0.2, 0.25) is 0 Å². The van der Waals surface area contributed by atoms with Gasteiger partial charge in [0.05, 0.1) is 11.6 Å². The third-order valence-electron chi connectivity index (χ3n) is 3.51. The summed E-state index contributed by atoms with van der Waals surface area (Å²) in [4.78, 5) is 0. The molecule has 1 N–H and O–H groups in total. The van der Waals surface area contributed by atoms with Gasteiger partial charge in [-0.25, -0.2) is 0 Å². The predicted molar refractivity (Wildman–Crippen MR) is 90.8 cm³/mol. The van der Waals surface area contributed by atoms with E-state index in [1.54, 1.807) is 0 Å². The van der Waals surface area contributed by atoms with Crippen LogP contribution in [0, 0.1) is 18.3 Å². The molecule has 2 nitrogen and oxygen atoms in total. The summed E-state index contributed by atoms with van der Waals surface area (Å²) in [6, 6.07) is 20.2. The first-order valence-electron chi connectivity index (χ1n) is 6.64. The second-order valence-corrected chi connectivity index (χ2v) is 5.82. The number of hydrogen-bond acceptors (Lipinski definition) is 2. The number of nitriles is 1. The summed E-state index contributed by atoms with van der Waals surface area (Å²) in [7, 11) is 0. The van der Waals surface area contributed by atoms with Crippen molar-refractivity contribution in [3.05, 3.63) is 70.2 Å². The summed E-state index contributed by atoms with van der Waals surface area (Å²) < 4.78 is 1.04. The standard InChI is InChI=1S/C18H13BrN2/c1-12-6-8-14(19)10-18(12)21-17-9-7-13(11-20)15-4-2-3-5-16(15)17/h2-10,21H,1H3. The fourth-order valence-electron chi connectivity index (χ4n) is 2.38. The Morgan fingerprint density at radius 1 is 0.952 bits per heavy atom. The minimum atomic E-state index is 0.696. The van der Waals surface area contributed by atoms with Crippen molar-refractivity contribution in [3.63, 3.8) is 0 Å². The van der Waals surface area contributed by atoms with Crippen LogP contribution in [0.25, 0.3) is 10.8 Å². The van der Waals surface area contributed by atoms with Crippen LogP contribution in [0.5, 0.6) is 0 Å². The molecule has 0 aromatic heterocycles. The van der Waals surface area contributed by atoms with Crippen molar-refractivity contribution in [2.24, 2.45) is 0 Å². The van der Waals surface area contributed by atoms with Gasteiger partial charge in [0.25, 0.3) is 0 Å². The maximum atomic E-state index is 9.22. The topological polar surface area (TPSA) is 35.8 Å². The second-order valence-electron chi connectivity index (χ2n) is 4.90. The highest BCUT2D eigenvalue weighted by molar-refractivity contribution is 9.10. The lowest BCUT2D eigenvalue weighted by Gasteiger charge is -2.13. The van der Waals surface area contributed by atoms with Crippen molar-refractivity contribution in [1.82, 2.24) is 0 Å². The predicted octanol–water partition coefficient (Wildman–Crippen LogP) is 5.53. The Balaban J connectivity index is 2.14. The maximum absolute atomic E-state index is 9.22. The first-order chi connectivity index (χ1) is 10.2. The molecule has 0 heterocycles. The van der Waals surface area contributed by atoms with E-state index in [-0.39, 0.29) is 0 Å². The van der Waals surface area contributed by atoms with Crippen molar-refractivity contribution in [2.45, 2.75) is 6.92 Å². The minimum absolute atomic E-state index is 0.696. The molecule has 0 radical (unpaired) electrons. The molecule has 0 saturated heterocycles. The molecule has 102 valence electrons. The quantitative estimate of drug-likeness (QED) is 0.668. The summed E-state index contributed by atoms with van der Waals surface area (Å²) in [5.41, 5.74) is 3.93. The van der Waals surface area contributed by atoms with Gasteiger partial charge in [-0.2, -0.15) is 5.26 Å². The lowest BCUT2D eigenvalue weighted by Crippen LogP contribution is -1.95. The molecule has 0 aliphatic carbocycles. The van der Waals surface area contributed by atoms with Gasteiger partial charge in [-0.3, -0.25) is 0 Å². The molecule has 0 fully saturated rings. The normalized spacial score (nSPS) is 10.3. The van der Waals surface area contributed by atoms with Crippen LogP contribution in [-0.2, 0) is 0 Å². The number of halogens is 1. The largest absolute Gasteiger partial charge is 0.355 e. The zero-order valence-corrected chi connectivity index (χ0v) is 13.1. The van der Waals surface area contributed by atoms with Crippen molar-refractivity contribution >= 4 is 38.1 Å². The fraction of sp³-hybridized carbons (Fsp3) is 0.0556. The van der Waals surface area contributed by atoms with Crippen LogP contribution < -0.4 is 5.32 Å². The maximum Gasteiger partial charge on any atom is 0.0998 e. The zero-order chi connectivity index (χ0) is 14.8. The molecule has 21 heavy (non-hydrogen) atoms. The van der Waals surface area contributed by atoms with E-state index in [4.69, 9.17) is 0 Å². The van der Waals surface area contributed by atoms with Gasteiger partial charge in [-0.15, -0.1) is 0 Å². The molecule has 0 amide bonds. The Labute approximate surface area is 132 Å². The van der Waals surface area contributed by atoms with Gasteiger partial charge in [0.1, 0.15) is 0 Å². The minimum Gasteiger partial charge on any atom is -0.355 e. The van der Waals surface area contributed by atoms with Crippen LogP contribution in [0.1, 0.15) is 11.1 Å². The molecule has 0 bridgehead atoms. The number of benzene rings is 3. The number of fused-ring (bicyclic) bond motifs is 1. The first-order valence-corrected chi connectivity index (χ1v) is 7.43. The van der Waals surface area contributed by atoms with Crippen LogP contribution in [0.4, 0.5) is 11.4 Å². The highest BCUT2D eigenvalue weighted by atomic mass is 79.9. The van der Waals surface area contributed by atoms with Crippen LogP contribution in [-0.4, -0.2) is 0 Å². The van der Waals surface area contributed by atoms with E-state index in [2.05, 4.69) is 46.4 Å². The third kappa shape index (κ3) is 2.63. The van der Waals surface area contributed by atoms with Crippen molar-refractivity contribution in [1.29, 1.82) is 5.26 Å². The van der Waals surface area contributed by atoms with Gasteiger partial charge in [0.15, 0.2) is 0 Å². The van der Waals surface area contributed by atoms with Gasteiger partial charge < -0.3 is 5.32 Å². The summed E-state index contributed by atoms with van der Waals surface area (Å²) >= 11 is 3.50. The lowest BCUT2D eigenvalue weighted by molar-refractivity contribution is 1.42. The van der Waals surface area contributed by atoms with Crippen molar-refractivity contribution < 1.29 is 0 Å². The Bertz CT molecular complexity index is 863. The fourth-order valence-corrected chi connectivity index (χ4v) is 2.74. The van der Waals surface area contributed by atoms with E-state index in [9.17, 15) is 5.26 Å². The average molecular weight is 337 g/mol. The molecule has 0 aliphatic rings. The summed E-state index contributed by atoms with van der Waals surface area (Å²) in [5, 5.41) is 14.7. The van der Waals surface area contributed by atoms with E-state index in [1.807, 2.05) is 42.5 Å². The Morgan fingerprint density at radius 3 is 2.48 bits per heavy atom. The van der Waals surface area contributed by atoms with Gasteiger partial charge in [-0.1, -0.05) is 46.3 Å². The number of hydrogen-bond donors (Lipinski definition) is 1. The van der Waals surface area contributed by atoms with Gasteiger partial charge in [0.2, 0.25) is 0 Å². The van der Waals surface area contributed by atoms with Crippen LogP contribution in [0.15, 0.2) is 59.1 Å². The average Bonchev–Trinajstić information content (AvgIpc) is 2.51. The van der Waals surface area contributed by atoms with E-state index in [0.717, 1.165) is 26.6 Å². The van der Waals surface area contributed by atoms with Crippen LogP contribution >= 0.6 is 15.9 Å². The number of anilines is 2. The molecular weight excluding hydrogens is 324 g/mol. The van der Waals surface area contributed by atoms with Crippen LogP contribution in [0.3, 0.4) is 0 Å². The van der Waals surface area contributed by atoms with Gasteiger partial charge in [-0.05, 0) is 36.8 Å². The summed E-state index contributed by atoms with van der Waals surface area (Å²) in [6.45, 7) is 2.07. The number of nitrogens with zero attached hydrogens (tertiary/aromatic N) is 1. The molecule has 0 unspecified atom stereocenters. The van der Waals surface area contributed by atoms with Gasteiger partial charge >= 0.3 is 0 Å². The molecule has 3 heteroatoms. The molecular formula is C18H13BrN2. The molecule has 3 aromatic carbocycles. The van der Waals surface area contributed by atoms with Crippen molar-refractivity contribution in [3.8, 4) is 6.07 Å². The monoisotopic (exact) mass is 336 g/mol. The van der Waals surface area contributed by atoms with E-state index in [1.165, 1.54) is 5.56 Å². The SMILES string of the molecule is Cc1ccc(Br)cc1Nc1ccc(C#N)c2ccccc12. The number of nitrogens with one attached hydrogen (secondary N) is 1. The third-order valence-corrected chi connectivity index (χ3v) is 4.01. The highest BCUT2D eigenvalue weighted by Gasteiger charge is 2.07. The zero-order valence-electron chi connectivity index (χ0n) is 11.5. The molecule has 3 aromatic rings. The van der Waals surface area contributed by atoms with Crippen molar-refractivity contribution in [2.75, 3.05) is 5.32 Å². The van der Waals surface area contributed by atoms with Gasteiger partial charge in [0, 0.05) is 26.6 Å². The smallest absolute Gasteiger partial charge is 0.0998 e. The lowest BCUT2D eigenvalue weighted by atomic mass is 10.0. The molecule has 0 aliphatic heterocycles. The number of rotatable bonds is 2. The Kier molecular flexibility index (Phi) is 3.64. The summed E-state index contributed by atoms with van der Waals surface area (Å²) in [6.07, 6.45) is 0. The second kappa shape index (κ2) is 5.59. The first kappa shape index (κ1) is 13.7. The molecule has 3 rings (SSSR count). The van der Waals surface area contributed by atoms with E-state index >= 15 is 0 Å². The summed E-state index contributed by atoms with van der Waals surface area (Å²) in [5.74, 6) is 0. The highest BCUT2D eigenvalue weighted by Crippen LogP contribution is 2.31. The van der Waals surface area contributed by atoms with E-state index in [0.29, 0.717) is 5.56 Å². The Morgan fingerprint density at radius 2 is 1.71 bits per heavy atom. The Hall–Kier alpha value is -2.31. The number of aryl methyl sites for hydroxylation is 1. The molecule has 0 saturated carbocycles. The van der Waals surface area contributed by atoms with E-state index < -0.39 is 0 Å². The molecule has 0 spiro atoms. The molecule has 0 atom stereocenters.